The van der Waals surface area contributed by atoms with Crippen molar-refractivity contribution in [1.82, 2.24) is 0 Å². The van der Waals surface area contributed by atoms with Gasteiger partial charge in [0.05, 0.1) is 0 Å². The number of fused-ring (bicyclic) bond motifs is 1. The van der Waals surface area contributed by atoms with Gasteiger partial charge in [0.2, 0.25) is 5.76 Å². The lowest BCUT2D eigenvalue weighted by Crippen LogP contribution is -1.97. The fraction of sp³-hybridized carbons (Fsp3) is 0.250. The first-order chi connectivity index (χ1) is 7.54. The minimum absolute atomic E-state index is 0.0544. The Balaban J connectivity index is 2.87. The van der Waals surface area contributed by atoms with Gasteiger partial charge in [0.15, 0.2) is 0 Å². The van der Waals surface area contributed by atoms with E-state index in [2.05, 4.69) is 15.9 Å². The van der Waals surface area contributed by atoms with E-state index in [-0.39, 0.29) is 5.76 Å². The highest BCUT2D eigenvalue weighted by molar-refractivity contribution is 9.10. The van der Waals surface area contributed by atoms with Crippen molar-refractivity contribution in [3.8, 4) is 0 Å². The van der Waals surface area contributed by atoms with Crippen molar-refractivity contribution in [2.24, 2.45) is 0 Å². The Hall–Kier alpha value is -1.29. The number of hydrogen-bond donors (Lipinski definition) is 1. The van der Waals surface area contributed by atoms with E-state index in [4.69, 9.17) is 9.52 Å². The summed E-state index contributed by atoms with van der Waals surface area (Å²) in [4.78, 5) is 11.0. The maximum absolute atomic E-state index is 11.0. The molecule has 4 heteroatoms. The Kier molecular flexibility index (Phi) is 2.76. The van der Waals surface area contributed by atoms with Crippen LogP contribution in [0.4, 0.5) is 0 Å². The van der Waals surface area contributed by atoms with Crippen LogP contribution in [0.3, 0.4) is 0 Å². The average molecular weight is 283 g/mol. The summed E-state index contributed by atoms with van der Waals surface area (Å²) in [5.41, 5.74) is 2.36. The summed E-state index contributed by atoms with van der Waals surface area (Å²) in [6.07, 6.45) is 0.643. The molecule has 0 radical (unpaired) electrons. The van der Waals surface area contributed by atoms with Gasteiger partial charge in [0.1, 0.15) is 5.58 Å². The maximum Gasteiger partial charge on any atom is 0.372 e. The maximum atomic E-state index is 11.0. The zero-order valence-electron chi connectivity index (χ0n) is 9.00. The molecule has 1 heterocycles. The largest absolute Gasteiger partial charge is 0.475 e. The summed E-state index contributed by atoms with van der Waals surface area (Å²) >= 11 is 3.40. The van der Waals surface area contributed by atoms with Crippen LogP contribution in [0.25, 0.3) is 11.0 Å². The Morgan fingerprint density at radius 1 is 1.50 bits per heavy atom. The number of furan rings is 1. The van der Waals surface area contributed by atoms with Crippen molar-refractivity contribution in [3.63, 3.8) is 0 Å². The van der Waals surface area contributed by atoms with Gasteiger partial charge in [0, 0.05) is 15.4 Å². The fourth-order valence-electron chi connectivity index (χ4n) is 1.90. The molecule has 16 heavy (non-hydrogen) atoms. The second-order valence-electron chi connectivity index (χ2n) is 3.67. The summed E-state index contributed by atoms with van der Waals surface area (Å²) in [5, 5.41) is 9.93. The van der Waals surface area contributed by atoms with Gasteiger partial charge in [-0.05, 0) is 31.0 Å². The molecule has 1 N–H and O–H groups in total. The smallest absolute Gasteiger partial charge is 0.372 e. The SMILES string of the molecule is CCc1c(C(=O)O)oc2c(C)cc(Br)cc12. The fourth-order valence-corrected chi connectivity index (χ4v) is 2.47. The number of carbonyl (C=O) groups is 1. The first-order valence-electron chi connectivity index (χ1n) is 4.99. The predicted octanol–water partition coefficient (Wildman–Crippen LogP) is 3.76. The van der Waals surface area contributed by atoms with E-state index in [1.807, 2.05) is 26.0 Å². The van der Waals surface area contributed by atoms with Crippen molar-refractivity contribution in [3.05, 3.63) is 33.5 Å². The van der Waals surface area contributed by atoms with Crippen LogP contribution in [0.15, 0.2) is 21.0 Å². The molecule has 0 aliphatic heterocycles. The molecule has 0 fully saturated rings. The van der Waals surface area contributed by atoms with Gasteiger partial charge in [-0.1, -0.05) is 22.9 Å². The third kappa shape index (κ3) is 1.63. The van der Waals surface area contributed by atoms with E-state index in [0.717, 1.165) is 21.0 Å². The molecule has 0 saturated carbocycles. The molecule has 0 amide bonds. The highest BCUT2D eigenvalue weighted by atomic mass is 79.9. The molecule has 0 aliphatic carbocycles. The molecular weight excluding hydrogens is 272 g/mol. The van der Waals surface area contributed by atoms with Crippen LogP contribution < -0.4 is 0 Å². The Labute approximate surface area is 101 Å². The van der Waals surface area contributed by atoms with Crippen LogP contribution in [0.2, 0.25) is 0 Å². The second-order valence-corrected chi connectivity index (χ2v) is 4.58. The van der Waals surface area contributed by atoms with Gasteiger partial charge in [-0.3, -0.25) is 0 Å². The summed E-state index contributed by atoms with van der Waals surface area (Å²) in [6.45, 7) is 3.83. The lowest BCUT2D eigenvalue weighted by molar-refractivity contribution is 0.0663. The Bertz CT molecular complexity index is 569. The number of halogens is 1. The number of aromatic carboxylic acids is 1. The van der Waals surface area contributed by atoms with Gasteiger partial charge in [-0.25, -0.2) is 4.79 Å². The van der Waals surface area contributed by atoms with Crippen LogP contribution in [0, 0.1) is 6.92 Å². The van der Waals surface area contributed by atoms with E-state index < -0.39 is 5.97 Å². The van der Waals surface area contributed by atoms with Crippen molar-refractivity contribution in [2.45, 2.75) is 20.3 Å². The topological polar surface area (TPSA) is 50.4 Å². The minimum atomic E-state index is -1.01. The number of hydrogen-bond acceptors (Lipinski definition) is 2. The molecule has 0 bridgehead atoms. The first kappa shape index (κ1) is 11.2. The van der Waals surface area contributed by atoms with Crippen LogP contribution in [-0.2, 0) is 6.42 Å². The Morgan fingerprint density at radius 2 is 2.19 bits per heavy atom. The molecule has 0 unspecified atom stereocenters. The molecule has 2 rings (SSSR count). The number of carboxylic acid groups (broad SMARTS) is 1. The van der Waals surface area contributed by atoms with Crippen LogP contribution in [0.5, 0.6) is 0 Å². The van der Waals surface area contributed by atoms with E-state index in [9.17, 15) is 4.79 Å². The Morgan fingerprint density at radius 3 is 2.75 bits per heavy atom. The van der Waals surface area contributed by atoms with Gasteiger partial charge in [-0.2, -0.15) is 0 Å². The van der Waals surface area contributed by atoms with Gasteiger partial charge in [-0.15, -0.1) is 0 Å². The molecule has 0 spiro atoms. The molecule has 84 valence electrons. The third-order valence-electron chi connectivity index (χ3n) is 2.59. The van der Waals surface area contributed by atoms with E-state index in [1.165, 1.54) is 0 Å². The number of carboxylic acids is 1. The van der Waals surface area contributed by atoms with E-state index >= 15 is 0 Å². The lowest BCUT2D eigenvalue weighted by atomic mass is 10.1. The molecular formula is C12H11BrO3. The molecule has 0 aliphatic rings. The van der Waals surface area contributed by atoms with Gasteiger partial charge in [0.25, 0.3) is 0 Å². The van der Waals surface area contributed by atoms with E-state index in [0.29, 0.717) is 12.0 Å². The average Bonchev–Trinajstić information content (AvgIpc) is 2.56. The highest BCUT2D eigenvalue weighted by Crippen LogP contribution is 2.31. The summed E-state index contributed by atoms with van der Waals surface area (Å²) < 4.78 is 6.35. The van der Waals surface area contributed by atoms with Crippen LogP contribution in [-0.4, -0.2) is 11.1 Å². The zero-order chi connectivity index (χ0) is 11.9. The minimum Gasteiger partial charge on any atom is -0.475 e. The molecule has 3 nitrogen and oxygen atoms in total. The standard InChI is InChI=1S/C12H11BrO3/c1-3-8-9-5-7(13)4-6(2)10(9)16-11(8)12(14)15/h4-5H,3H2,1-2H3,(H,14,15). The summed E-state index contributed by atoms with van der Waals surface area (Å²) in [5.74, 6) is -0.956. The molecule has 0 saturated heterocycles. The number of aryl methyl sites for hydroxylation is 2. The van der Waals surface area contributed by atoms with Crippen molar-refractivity contribution in [1.29, 1.82) is 0 Å². The monoisotopic (exact) mass is 282 g/mol. The number of benzene rings is 1. The predicted molar refractivity (Wildman–Crippen MR) is 65.0 cm³/mol. The van der Waals surface area contributed by atoms with Crippen molar-refractivity contribution >= 4 is 32.9 Å². The lowest BCUT2D eigenvalue weighted by Gasteiger charge is -1.97. The summed E-state index contributed by atoms with van der Waals surface area (Å²) in [7, 11) is 0. The normalized spacial score (nSPS) is 10.9. The first-order valence-corrected chi connectivity index (χ1v) is 5.78. The van der Waals surface area contributed by atoms with Gasteiger partial charge < -0.3 is 9.52 Å². The molecule has 2 aromatic rings. The van der Waals surface area contributed by atoms with Gasteiger partial charge >= 0.3 is 5.97 Å². The van der Waals surface area contributed by atoms with Crippen LogP contribution >= 0.6 is 15.9 Å². The van der Waals surface area contributed by atoms with Crippen LogP contribution in [0.1, 0.15) is 28.6 Å². The van der Waals surface area contributed by atoms with Crippen molar-refractivity contribution in [2.75, 3.05) is 0 Å². The third-order valence-corrected chi connectivity index (χ3v) is 3.05. The quantitative estimate of drug-likeness (QED) is 0.912. The summed E-state index contributed by atoms with van der Waals surface area (Å²) in [6, 6.07) is 3.81. The highest BCUT2D eigenvalue weighted by Gasteiger charge is 2.19. The second kappa shape index (κ2) is 3.94. The number of rotatable bonds is 2. The molecule has 0 atom stereocenters. The molecule has 1 aromatic heterocycles. The zero-order valence-corrected chi connectivity index (χ0v) is 10.6. The van der Waals surface area contributed by atoms with Crippen molar-refractivity contribution < 1.29 is 14.3 Å². The molecule has 1 aromatic carbocycles. The van der Waals surface area contributed by atoms with E-state index in [1.54, 1.807) is 0 Å².